The molecule has 26 heavy (non-hydrogen) atoms. The quantitative estimate of drug-likeness (QED) is 0.563. The molecule has 2 aliphatic heterocycles. The fourth-order valence-corrected chi connectivity index (χ4v) is 5.12. The third-order valence-corrected chi connectivity index (χ3v) is 6.26. The number of anilines is 1. The van der Waals surface area contributed by atoms with E-state index < -0.39 is 0 Å². The molecule has 2 unspecified atom stereocenters. The van der Waals surface area contributed by atoms with Gasteiger partial charge in [-0.15, -0.1) is 12.6 Å². The van der Waals surface area contributed by atoms with Crippen LogP contribution in [-0.2, 0) is 0 Å². The van der Waals surface area contributed by atoms with Crippen molar-refractivity contribution in [3.63, 3.8) is 0 Å². The van der Waals surface area contributed by atoms with Crippen LogP contribution in [0.1, 0.15) is 46.9 Å². The van der Waals surface area contributed by atoms with Crippen LogP contribution in [0.5, 0.6) is 0 Å². The van der Waals surface area contributed by atoms with Crippen LogP contribution in [0.4, 0.5) is 5.69 Å². The number of hydrogen-bond donors (Lipinski definition) is 1. The Bertz CT molecular complexity index is 847. The van der Waals surface area contributed by atoms with Gasteiger partial charge >= 0.3 is 0 Å². The van der Waals surface area contributed by atoms with Crippen molar-refractivity contribution in [1.29, 1.82) is 0 Å². The Morgan fingerprint density at radius 1 is 0.692 bits per heavy atom. The lowest BCUT2D eigenvalue weighted by molar-refractivity contribution is 0.569. The Hall–Kier alpha value is -2.19. The van der Waals surface area contributed by atoms with Gasteiger partial charge in [0.05, 0.1) is 0 Å². The van der Waals surface area contributed by atoms with Crippen LogP contribution in [0.2, 0.25) is 0 Å². The van der Waals surface area contributed by atoms with E-state index in [-0.39, 0.29) is 0 Å². The zero-order chi connectivity index (χ0) is 17.5. The summed E-state index contributed by atoms with van der Waals surface area (Å²) in [6.07, 6.45) is 2.37. The van der Waals surface area contributed by atoms with Crippen molar-refractivity contribution in [2.24, 2.45) is 0 Å². The maximum Gasteiger partial charge on any atom is 0.0444 e. The SMILES string of the molecule is Sc1cc2c3c(c1)C(c1ccccc1)CCN3CCC2c1ccccc1. The molecule has 0 spiro atoms. The highest BCUT2D eigenvalue weighted by Crippen LogP contribution is 2.49. The van der Waals surface area contributed by atoms with Gasteiger partial charge in [-0.25, -0.2) is 0 Å². The minimum atomic E-state index is 0.475. The van der Waals surface area contributed by atoms with E-state index in [0.29, 0.717) is 11.8 Å². The summed E-state index contributed by atoms with van der Waals surface area (Å²) < 4.78 is 0. The zero-order valence-corrected chi connectivity index (χ0v) is 15.7. The normalized spacial score (nSPS) is 21.3. The van der Waals surface area contributed by atoms with Crippen LogP contribution < -0.4 is 4.90 Å². The van der Waals surface area contributed by atoms with Gasteiger partial charge in [0.1, 0.15) is 0 Å². The maximum absolute atomic E-state index is 4.78. The molecule has 2 atom stereocenters. The van der Waals surface area contributed by atoms with Gasteiger partial charge in [-0.3, -0.25) is 0 Å². The van der Waals surface area contributed by atoms with Crippen molar-refractivity contribution in [3.8, 4) is 0 Å². The van der Waals surface area contributed by atoms with Crippen molar-refractivity contribution in [2.45, 2.75) is 29.6 Å². The first-order chi connectivity index (χ1) is 12.8. The van der Waals surface area contributed by atoms with Gasteiger partial charge in [0.2, 0.25) is 0 Å². The van der Waals surface area contributed by atoms with Crippen LogP contribution in [0.3, 0.4) is 0 Å². The Labute approximate surface area is 161 Å². The molecule has 0 aromatic heterocycles. The molecule has 3 aromatic rings. The van der Waals surface area contributed by atoms with Crippen molar-refractivity contribution in [1.82, 2.24) is 0 Å². The van der Waals surface area contributed by atoms with Crippen molar-refractivity contribution >= 4 is 18.3 Å². The van der Waals surface area contributed by atoms with E-state index in [1.54, 1.807) is 0 Å². The summed E-state index contributed by atoms with van der Waals surface area (Å²) in [5, 5.41) is 0. The topological polar surface area (TPSA) is 3.24 Å². The lowest BCUT2D eigenvalue weighted by atomic mass is 9.77. The van der Waals surface area contributed by atoms with Crippen molar-refractivity contribution in [3.05, 3.63) is 95.1 Å². The largest absolute Gasteiger partial charge is 0.371 e. The van der Waals surface area contributed by atoms with Gasteiger partial charge in [0, 0.05) is 35.5 Å². The monoisotopic (exact) mass is 357 g/mol. The van der Waals surface area contributed by atoms with Crippen LogP contribution >= 0.6 is 12.6 Å². The number of rotatable bonds is 2. The van der Waals surface area contributed by atoms with Crippen LogP contribution in [-0.4, -0.2) is 13.1 Å². The second-order valence-electron chi connectivity index (χ2n) is 7.46. The van der Waals surface area contributed by atoms with Crippen LogP contribution in [0, 0.1) is 0 Å². The minimum Gasteiger partial charge on any atom is -0.371 e. The lowest BCUT2D eigenvalue weighted by Crippen LogP contribution is -2.37. The average Bonchev–Trinajstić information content (AvgIpc) is 2.69. The fraction of sp³-hybridized carbons (Fsp3) is 0.250. The number of hydrogen-bond acceptors (Lipinski definition) is 2. The molecular weight excluding hydrogens is 334 g/mol. The van der Waals surface area contributed by atoms with Gasteiger partial charge in [-0.2, -0.15) is 0 Å². The van der Waals surface area contributed by atoms with Gasteiger partial charge in [-0.1, -0.05) is 60.7 Å². The lowest BCUT2D eigenvalue weighted by Gasteiger charge is -2.43. The highest BCUT2D eigenvalue weighted by atomic mass is 32.1. The predicted molar refractivity (Wildman–Crippen MR) is 112 cm³/mol. The summed E-state index contributed by atoms with van der Waals surface area (Å²) in [6.45, 7) is 2.29. The minimum absolute atomic E-state index is 0.475. The standard InChI is InChI=1S/C24H23NS/c26-19-15-22-20(17-7-3-1-4-8-17)11-13-25-14-12-21(23(16-19)24(22)25)18-9-5-2-6-10-18/h1-10,15-16,20-21,26H,11-14H2. The molecule has 0 fully saturated rings. The van der Waals surface area contributed by atoms with Gasteiger partial charge in [-0.05, 0) is 47.2 Å². The summed E-state index contributed by atoms with van der Waals surface area (Å²) in [6, 6.07) is 26.5. The smallest absolute Gasteiger partial charge is 0.0444 e. The first kappa shape index (κ1) is 16.0. The van der Waals surface area contributed by atoms with Crippen molar-refractivity contribution < 1.29 is 0 Å². The first-order valence-corrected chi connectivity index (χ1v) is 9.97. The van der Waals surface area contributed by atoms with Gasteiger partial charge < -0.3 is 4.90 Å². The van der Waals surface area contributed by atoms with Crippen LogP contribution in [0.25, 0.3) is 0 Å². The molecule has 0 saturated heterocycles. The van der Waals surface area contributed by atoms with Gasteiger partial charge in [0.15, 0.2) is 0 Å². The Balaban J connectivity index is 1.68. The molecule has 1 nitrogen and oxygen atoms in total. The number of nitrogens with zero attached hydrogens (tertiary/aromatic N) is 1. The highest BCUT2D eigenvalue weighted by Gasteiger charge is 2.34. The fourth-order valence-electron chi connectivity index (χ4n) is 4.84. The summed E-state index contributed by atoms with van der Waals surface area (Å²) in [7, 11) is 0. The first-order valence-electron chi connectivity index (χ1n) is 9.53. The predicted octanol–water partition coefficient (Wildman–Crippen LogP) is 5.85. The zero-order valence-electron chi connectivity index (χ0n) is 14.8. The second kappa shape index (κ2) is 6.51. The summed E-state index contributed by atoms with van der Waals surface area (Å²) in [5.74, 6) is 0.950. The molecule has 130 valence electrons. The molecule has 0 bridgehead atoms. The van der Waals surface area contributed by atoms with Crippen LogP contribution in [0.15, 0.2) is 77.7 Å². The third-order valence-electron chi connectivity index (χ3n) is 6.00. The van der Waals surface area contributed by atoms with E-state index in [0.717, 1.165) is 18.0 Å². The molecule has 0 amide bonds. The van der Waals surface area contributed by atoms with E-state index in [1.807, 2.05) is 0 Å². The second-order valence-corrected chi connectivity index (χ2v) is 7.98. The summed E-state index contributed by atoms with van der Waals surface area (Å²) >= 11 is 4.78. The highest BCUT2D eigenvalue weighted by molar-refractivity contribution is 7.80. The average molecular weight is 358 g/mol. The molecule has 5 rings (SSSR count). The Morgan fingerprint density at radius 2 is 1.15 bits per heavy atom. The van der Waals surface area contributed by atoms with Gasteiger partial charge in [0.25, 0.3) is 0 Å². The molecule has 2 aliphatic rings. The number of thiol groups is 1. The summed E-state index contributed by atoms with van der Waals surface area (Å²) in [5.41, 5.74) is 7.25. The molecule has 0 N–H and O–H groups in total. The summed E-state index contributed by atoms with van der Waals surface area (Å²) in [4.78, 5) is 3.70. The molecule has 2 heteroatoms. The van der Waals surface area contributed by atoms with Crippen molar-refractivity contribution in [2.75, 3.05) is 18.0 Å². The Morgan fingerprint density at radius 3 is 1.62 bits per heavy atom. The molecule has 0 aliphatic carbocycles. The van der Waals surface area contributed by atoms with E-state index in [2.05, 4.69) is 77.7 Å². The van der Waals surface area contributed by atoms with E-state index in [9.17, 15) is 0 Å². The Kier molecular flexibility index (Phi) is 4.01. The third kappa shape index (κ3) is 2.64. The van der Waals surface area contributed by atoms with E-state index in [1.165, 1.54) is 40.8 Å². The molecular formula is C24H23NS. The molecule has 0 radical (unpaired) electrons. The maximum atomic E-state index is 4.78. The molecule has 0 saturated carbocycles. The van der Waals surface area contributed by atoms with E-state index in [4.69, 9.17) is 12.6 Å². The number of benzene rings is 3. The molecule has 3 aromatic carbocycles. The molecule has 2 heterocycles. The van der Waals surface area contributed by atoms with E-state index >= 15 is 0 Å².